The lowest BCUT2D eigenvalue weighted by molar-refractivity contribution is 0.0581. The number of anilines is 5. The van der Waals surface area contributed by atoms with Crippen molar-refractivity contribution in [2.75, 3.05) is 9.80 Å². The van der Waals surface area contributed by atoms with Crippen LogP contribution >= 0.6 is 0 Å². The van der Waals surface area contributed by atoms with E-state index in [1.54, 1.807) is 5.56 Å². The summed E-state index contributed by atoms with van der Waals surface area (Å²) in [7, 11) is 0. The summed E-state index contributed by atoms with van der Waals surface area (Å²) in [6.45, 7) is 12.3. The van der Waals surface area contributed by atoms with E-state index in [-0.39, 0.29) is 17.7 Å². The molecule has 42 heavy (non-hydrogen) atoms. The van der Waals surface area contributed by atoms with Crippen molar-refractivity contribution < 1.29 is 0 Å². The van der Waals surface area contributed by atoms with Gasteiger partial charge in [-0.3, -0.25) is 0 Å². The van der Waals surface area contributed by atoms with Crippen molar-refractivity contribution in [3.63, 3.8) is 0 Å². The second kappa shape index (κ2) is 8.34. The van der Waals surface area contributed by atoms with Crippen LogP contribution in [0.1, 0.15) is 74.6 Å². The smallest absolute Gasteiger partial charge is 0.252 e. The van der Waals surface area contributed by atoms with Crippen LogP contribution in [0.4, 0.5) is 28.4 Å². The number of benzene rings is 4. The molecule has 0 bridgehead atoms. The molecule has 0 aromatic heterocycles. The van der Waals surface area contributed by atoms with E-state index >= 15 is 0 Å². The van der Waals surface area contributed by atoms with Gasteiger partial charge in [0.15, 0.2) is 0 Å². The van der Waals surface area contributed by atoms with Crippen molar-refractivity contribution in [3.8, 4) is 0 Å². The first-order valence-corrected chi connectivity index (χ1v) is 16.3. The van der Waals surface area contributed by atoms with Gasteiger partial charge < -0.3 is 9.80 Å². The zero-order valence-corrected chi connectivity index (χ0v) is 25.8. The summed E-state index contributed by atoms with van der Waals surface area (Å²) in [6.07, 6.45) is 8.29. The summed E-state index contributed by atoms with van der Waals surface area (Å²) >= 11 is 0. The van der Waals surface area contributed by atoms with Crippen LogP contribution < -0.4 is 26.2 Å². The van der Waals surface area contributed by atoms with Crippen molar-refractivity contribution in [2.24, 2.45) is 11.8 Å². The van der Waals surface area contributed by atoms with E-state index in [2.05, 4.69) is 117 Å². The quantitative estimate of drug-likeness (QED) is 0.196. The van der Waals surface area contributed by atoms with Crippen LogP contribution in [-0.2, 0) is 5.41 Å². The predicted molar refractivity (Wildman–Crippen MR) is 179 cm³/mol. The van der Waals surface area contributed by atoms with Gasteiger partial charge in [0.05, 0.1) is 5.54 Å². The minimum atomic E-state index is 0.0675. The zero-order valence-electron chi connectivity index (χ0n) is 25.8. The van der Waals surface area contributed by atoms with Gasteiger partial charge >= 0.3 is 0 Å². The van der Waals surface area contributed by atoms with E-state index in [1.807, 2.05) is 0 Å². The van der Waals surface area contributed by atoms with E-state index in [0.29, 0.717) is 0 Å². The number of fused-ring (bicyclic) bond motifs is 8. The third-order valence-corrected chi connectivity index (χ3v) is 12.3. The topological polar surface area (TPSA) is 6.48 Å². The maximum atomic E-state index is 2.88. The van der Waals surface area contributed by atoms with E-state index in [0.717, 1.165) is 11.8 Å². The molecule has 0 spiro atoms. The number of aryl methyl sites for hydroxylation is 3. The Morgan fingerprint density at radius 3 is 2.17 bits per heavy atom. The minimum absolute atomic E-state index is 0.0675. The van der Waals surface area contributed by atoms with Crippen LogP contribution in [0, 0.1) is 32.6 Å². The molecule has 4 atom stereocenters. The van der Waals surface area contributed by atoms with Crippen LogP contribution in [0.2, 0.25) is 0 Å². The molecule has 210 valence electrons. The summed E-state index contributed by atoms with van der Waals surface area (Å²) in [6, 6.07) is 28.5. The molecule has 9 rings (SSSR count). The van der Waals surface area contributed by atoms with Gasteiger partial charge in [-0.05, 0) is 105 Å². The van der Waals surface area contributed by atoms with Gasteiger partial charge in [0.25, 0.3) is 6.71 Å². The molecule has 2 aliphatic carbocycles. The normalized spacial score (nSPS) is 28.1. The largest absolute Gasteiger partial charge is 0.335 e. The van der Waals surface area contributed by atoms with Crippen LogP contribution in [0.3, 0.4) is 0 Å². The van der Waals surface area contributed by atoms with E-state index < -0.39 is 0 Å². The highest BCUT2D eigenvalue weighted by Gasteiger charge is 2.64. The van der Waals surface area contributed by atoms with Gasteiger partial charge in [-0.15, -0.1) is 0 Å². The summed E-state index contributed by atoms with van der Waals surface area (Å²) in [4.78, 5) is 5.42. The Bertz CT molecular complexity index is 1790. The number of hydrogen-bond acceptors (Lipinski definition) is 2. The monoisotopic (exact) mass is 548 g/mol. The fourth-order valence-electron chi connectivity index (χ4n) is 10.3. The van der Waals surface area contributed by atoms with Gasteiger partial charge in [-0.1, -0.05) is 91.8 Å². The highest BCUT2D eigenvalue weighted by atomic mass is 15.3. The fraction of sp³-hybridized carbons (Fsp3) is 0.385. The first-order chi connectivity index (χ1) is 20.3. The number of rotatable bonds is 1. The summed E-state index contributed by atoms with van der Waals surface area (Å²) < 4.78 is 0. The maximum Gasteiger partial charge on any atom is 0.252 e. The van der Waals surface area contributed by atoms with Gasteiger partial charge in [0.2, 0.25) is 0 Å². The minimum Gasteiger partial charge on any atom is -0.335 e. The molecule has 4 aromatic rings. The molecule has 5 aliphatic rings. The molecule has 3 heterocycles. The van der Waals surface area contributed by atoms with Gasteiger partial charge in [0.1, 0.15) is 0 Å². The SMILES string of the molecule is Cc1ccc(N2c3ccc(C)cc3B3c4cc(C)cc5c4N(c4cccc2c43)C2(C)CC3CCCCC3CC52C)cc1. The number of nitrogens with zero attached hydrogens (tertiary/aromatic N) is 2. The Morgan fingerprint density at radius 1 is 0.690 bits per heavy atom. The first-order valence-electron chi connectivity index (χ1n) is 16.3. The van der Waals surface area contributed by atoms with Crippen molar-refractivity contribution in [1.29, 1.82) is 0 Å². The standard InChI is InChI=1S/C39H41BN2/c1-24-13-16-29(17-14-24)41-33-18-15-25(2)20-31(33)40-32-21-26(3)19-30-37(32)42(35-12-8-11-34(41)36(35)40)39(5)23-28-10-7-6-9-27(28)22-38(30,39)4/h8,11-21,27-28H,6-7,9-10,22-23H2,1-5H3. The lowest BCUT2D eigenvalue weighted by Crippen LogP contribution is -2.65. The summed E-state index contributed by atoms with van der Waals surface area (Å²) in [5.74, 6) is 1.72. The number of hydrogen-bond donors (Lipinski definition) is 0. The molecule has 3 aliphatic heterocycles. The Morgan fingerprint density at radius 2 is 1.38 bits per heavy atom. The lowest BCUT2D eigenvalue weighted by atomic mass is 9.33. The summed E-state index contributed by atoms with van der Waals surface area (Å²) in [5, 5.41) is 0. The van der Waals surface area contributed by atoms with Crippen molar-refractivity contribution >= 4 is 51.5 Å². The predicted octanol–water partition coefficient (Wildman–Crippen LogP) is 7.99. The third-order valence-electron chi connectivity index (χ3n) is 12.3. The van der Waals surface area contributed by atoms with E-state index in [9.17, 15) is 0 Å². The molecule has 2 saturated carbocycles. The molecule has 3 heteroatoms. The van der Waals surface area contributed by atoms with Crippen LogP contribution in [0.25, 0.3) is 0 Å². The zero-order chi connectivity index (χ0) is 28.5. The van der Waals surface area contributed by atoms with Crippen molar-refractivity contribution in [3.05, 3.63) is 95.1 Å². The molecule has 4 aromatic carbocycles. The van der Waals surface area contributed by atoms with Crippen LogP contribution in [0.15, 0.2) is 72.8 Å². The molecule has 0 saturated heterocycles. The van der Waals surface area contributed by atoms with Crippen molar-refractivity contribution in [1.82, 2.24) is 0 Å². The lowest BCUT2D eigenvalue weighted by Gasteiger charge is -2.57. The average Bonchev–Trinajstić information content (AvgIpc) is 3.17. The molecule has 4 unspecified atom stereocenters. The third kappa shape index (κ3) is 3.03. The van der Waals surface area contributed by atoms with Gasteiger partial charge in [-0.2, -0.15) is 0 Å². The molecule has 0 N–H and O–H groups in total. The fourth-order valence-corrected chi connectivity index (χ4v) is 10.3. The van der Waals surface area contributed by atoms with Crippen LogP contribution in [0.5, 0.6) is 0 Å². The molecule has 2 nitrogen and oxygen atoms in total. The highest BCUT2D eigenvalue weighted by molar-refractivity contribution is 7.00. The summed E-state index contributed by atoms with van der Waals surface area (Å²) in [5.41, 5.74) is 17.2. The molecular formula is C39H41BN2. The van der Waals surface area contributed by atoms with E-state index in [1.165, 1.54) is 100 Å². The molecular weight excluding hydrogens is 507 g/mol. The Labute approximate surface area is 251 Å². The van der Waals surface area contributed by atoms with Crippen LogP contribution in [-0.4, -0.2) is 12.3 Å². The van der Waals surface area contributed by atoms with Crippen molar-refractivity contribution in [2.45, 2.75) is 84.1 Å². The van der Waals surface area contributed by atoms with Gasteiger partial charge in [0, 0.05) is 33.9 Å². The first kappa shape index (κ1) is 25.1. The Balaban J connectivity index is 1.36. The Kier molecular flexibility index (Phi) is 4.98. The second-order valence-corrected chi connectivity index (χ2v) is 14.8. The molecule has 0 amide bonds. The Hall–Kier alpha value is -3.46. The average molecular weight is 549 g/mol. The van der Waals surface area contributed by atoms with Gasteiger partial charge in [-0.25, -0.2) is 0 Å². The maximum absolute atomic E-state index is 2.88. The highest BCUT2D eigenvalue weighted by Crippen LogP contribution is 2.65. The molecule has 0 radical (unpaired) electrons. The molecule has 2 fully saturated rings. The second-order valence-electron chi connectivity index (χ2n) is 14.8. The van der Waals surface area contributed by atoms with E-state index in [4.69, 9.17) is 0 Å².